The number of nitrogens with one attached hydrogen (secondary N) is 2. The van der Waals surface area contributed by atoms with Crippen LogP contribution in [0.1, 0.15) is 28.0 Å². The first-order valence-corrected chi connectivity index (χ1v) is 7.46. The Morgan fingerprint density at radius 1 is 1.45 bits per heavy atom. The van der Waals surface area contributed by atoms with E-state index < -0.39 is 11.7 Å². The molecule has 118 valence electrons. The van der Waals surface area contributed by atoms with E-state index in [-0.39, 0.29) is 11.6 Å². The number of anilines is 1. The van der Waals surface area contributed by atoms with Gasteiger partial charge < -0.3 is 20.9 Å². The van der Waals surface area contributed by atoms with Gasteiger partial charge in [-0.25, -0.2) is 4.39 Å². The van der Waals surface area contributed by atoms with E-state index in [1.54, 1.807) is 0 Å². The van der Waals surface area contributed by atoms with Crippen molar-refractivity contribution in [3.8, 4) is 0 Å². The molecule has 1 saturated heterocycles. The molecule has 4 N–H and O–H groups in total. The van der Waals surface area contributed by atoms with Crippen molar-refractivity contribution in [2.24, 2.45) is 5.73 Å². The SMILES string of the molecule is Cc1[nH]c2c(C(N)=O)cc(F)c(N(C)[C@H]3CCNC3)c2c1C. The number of rotatable bonds is 3. The van der Waals surface area contributed by atoms with Crippen LogP contribution in [-0.2, 0) is 0 Å². The Balaban J connectivity index is 2.27. The predicted molar refractivity (Wildman–Crippen MR) is 85.9 cm³/mol. The molecule has 0 spiro atoms. The summed E-state index contributed by atoms with van der Waals surface area (Å²) in [4.78, 5) is 16.8. The molecule has 6 heteroatoms. The molecule has 2 aromatic rings. The van der Waals surface area contributed by atoms with E-state index in [4.69, 9.17) is 5.73 Å². The number of nitrogens with zero attached hydrogens (tertiary/aromatic N) is 1. The Labute approximate surface area is 128 Å². The van der Waals surface area contributed by atoms with Gasteiger partial charge in [-0.15, -0.1) is 0 Å². The number of carbonyl (C=O) groups is 1. The number of H-pyrrole nitrogens is 1. The maximum atomic E-state index is 14.7. The molecule has 0 radical (unpaired) electrons. The Bertz CT molecular complexity index is 746. The monoisotopic (exact) mass is 304 g/mol. The number of hydrogen-bond donors (Lipinski definition) is 3. The third kappa shape index (κ3) is 2.14. The van der Waals surface area contributed by atoms with Crippen molar-refractivity contribution in [2.45, 2.75) is 26.3 Å². The highest BCUT2D eigenvalue weighted by Crippen LogP contribution is 2.36. The van der Waals surface area contributed by atoms with Crippen molar-refractivity contribution in [1.29, 1.82) is 0 Å². The molecule has 1 fully saturated rings. The molecular weight excluding hydrogens is 283 g/mol. The summed E-state index contributed by atoms with van der Waals surface area (Å²) in [5, 5.41) is 4.04. The summed E-state index contributed by atoms with van der Waals surface area (Å²) in [5.74, 6) is -1.03. The second kappa shape index (κ2) is 5.28. The first-order valence-electron chi connectivity index (χ1n) is 7.46. The van der Waals surface area contributed by atoms with Gasteiger partial charge >= 0.3 is 0 Å². The van der Waals surface area contributed by atoms with Crippen molar-refractivity contribution in [3.63, 3.8) is 0 Å². The number of hydrogen-bond acceptors (Lipinski definition) is 3. The van der Waals surface area contributed by atoms with Gasteiger partial charge in [0.15, 0.2) is 0 Å². The quantitative estimate of drug-likeness (QED) is 0.810. The topological polar surface area (TPSA) is 74.2 Å². The van der Waals surface area contributed by atoms with Crippen molar-refractivity contribution in [2.75, 3.05) is 25.0 Å². The van der Waals surface area contributed by atoms with Crippen LogP contribution in [0.4, 0.5) is 10.1 Å². The Morgan fingerprint density at radius 2 is 2.18 bits per heavy atom. The summed E-state index contributed by atoms with van der Waals surface area (Å²) in [6.07, 6.45) is 0.970. The van der Waals surface area contributed by atoms with Gasteiger partial charge in [0.25, 0.3) is 5.91 Å². The lowest BCUT2D eigenvalue weighted by atomic mass is 10.0. The molecule has 1 amide bonds. The van der Waals surface area contributed by atoms with Crippen molar-refractivity contribution < 1.29 is 9.18 Å². The van der Waals surface area contributed by atoms with Gasteiger partial charge in [0.2, 0.25) is 0 Å². The highest BCUT2D eigenvalue weighted by atomic mass is 19.1. The Hall–Kier alpha value is -2.08. The molecule has 0 aliphatic carbocycles. The summed E-state index contributed by atoms with van der Waals surface area (Å²) in [5.41, 5.74) is 8.63. The van der Waals surface area contributed by atoms with Crippen LogP contribution in [0, 0.1) is 19.7 Å². The summed E-state index contributed by atoms with van der Waals surface area (Å²) in [6, 6.07) is 1.49. The van der Waals surface area contributed by atoms with Gasteiger partial charge in [-0.05, 0) is 38.4 Å². The zero-order chi connectivity index (χ0) is 16.0. The normalized spacial score (nSPS) is 18.1. The summed E-state index contributed by atoms with van der Waals surface area (Å²) in [7, 11) is 1.90. The number of halogens is 1. The average molecular weight is 304 g/mol. The molecule has 0 unspecified atom stereocenters. The van der Waals surface area contributed by atoms with Gasteiger partial charge in [-0.3, -0.25) is 4.79 Å². The van der Waals surface area contributed by atoms with Crippen LogP contribution in [0.3, 0.4) is 0 Å². The van der Waals surface area contributed by atoms with E-state index in [1.165, 1.54) is 6.07 Å². The lowest BCUT2D eigenvalue weighted by Crippen LogP contribution is -2.34. The van der Waals surface area contributed by atoms with E-state index in [0.29, 0.717) is 11.2 Å². The van der Waals surface area contributed by atoms with Crippen LogP contribution in [0.2, 0.25) is 0 Å². The highest BCUT2D eigenvalue weighted by Gasteiger charge is 2.27. The minimum Gasteiger partial charge on any atom is -0.367 e. The third-order valence-electron chi connectivity index (χ3n) is 4.70. The Kier molecular flexibility index (Phi) is 3.56. The minimum atomic E-state index is -0.623. The maximum absolute atomic E-state index is 14.7. The number of aromatic amines is 1. The van der Waals surface area contributed by atoms with Crippen LogP contribution in [-0.4, -0.2) is 37.1 Å². The molecule has 3 rings (SSSR count). The number of fused-ring (bicyclic) bond motifs is 1. The molecule has 0 bridgehead atoms. The molecule has 1 aliphatic heterocycles. The minimum absolute atomic E-state index is 0.199. The molecule has 1 aromatic carbocycles. The average Bonchev–Trinajstić information content (AvgIpc) is 3.08. The zero-order valence-electron chi connectivity index (χ0n) is 13.1. The Morgan fingerprint density at radius 3 is 2.77 bits per heavy atom. The first kappa shape index (κ1) is 14.8. The maximum Gasteiger partial charge on any atom is 0.250 e. The number of likely N-dealkylation sites (N-methyl/N-ethyl adjacent to an activating group) is 1. The van der Waals surface area contributed by atoms with Crippen molar-refractivity contribution >= 4 is 22.5 Å². The van der Waals surface area contributed by atoms with Gasteiger partial charge in [-0.2, -0.15) is 0 Å². The highest BCUT2D eigenvalue weighted by molar-refractivity contribution is 6.10. The van der Waals surface area contributed by atoms with Crippen LogP contribution in [0.25, 0.3) is 10.9 Å². The van der Waals surface area contributed by atoms with E-state index in [2.05, 4.69) is 10.3 Å². The first-order chi connectivity index (χ1) is 10.4. The fourth-order valence-electron chi connectivity index (χ4n) is 3.30. The molecule has 5 nitrogen and oxygen atoms in total. The second-order valence-electron chi connectivity index (χ2n) is 6.00. The molecule has 1 aromatic heterocycles. The van der Waals surface area contributed by atoms with E-state index >= 15 is 0 Å². The number of aromatic nitrogens is 1. The number of carbonyl (C=O) groups excluding carboxylic acids is 1. The van der Waals surface area contributed by atoms with Gasteiger partial charge in [-0.1, -0.05) is 0 Å². The fourth-order valence-corrected chi connectivity index (χ4v) is 3.30. The molecule has 1 aliphatic rings. The van der Waals surface area contributed by atoms with Crippen LogP contribution in [0.15, 0.2) is 6.07 Å². The lowest BCUT2D eigenvalue weighted by molar-refractivity contribution is 0.100. The van der Waals surface area contributed by atoms with Gasteiger partial charge in [0, 0.05) is 30.7 Å². The number of aryl methyl sites for hydroxylation is 2. The number of primary amides is 1. The number of amides is 1. The van der Waals surface area contributed by atoms with Crippen LogP contribution < -0.4 is 16.0 Å². The summed E-state index contributed by atoms with van der Waals surface area (Å²) >= 11 is 0. The third-order valence-corrected chi connectivity index (χ3v) is 4.70. The van der Waals surface area contributed by atoms with Crippen LogP contribution in [0.5, 0.6) is 0 Å². The van der Waals surface area contributed by atoms with Crippen molar-refractivity contribution in [1.82, 2.24) is 10.3 Å². The van der Waals surface area contributed by atoms with E-state index in [9.17, 15) is 9.18 Å². The zero-order valence-corrected chi connectivity index (χ0v) is 13.1. The standard InChI is InChI=1S/C16H21FN4O/c1-8-9(2)20-14-11(16(18)22)6-12(17)15(13(8)14)21(3)10-4-5-19-7-10/h6,10,19-20H,4-5,7H2,1-3H3,(H2,18,22)/t10-/m0/s1. The van der Waals surface area contributed by atoms with Gasteiger partial charge in [0.1, 0.15) is 5.82 Å². The lowest BCUT2D eigenvalue weighted by Gasteiger charge is -2.27. The van der Waals surface area contributed by atoms with Crippen LogP contribution >= 0.6 is 0 Å². The molecule has 1 atom stereocenters. The largest absolute Gasteiger partial charge is 0.367 e. The van der Waals surface area contributed by atoms with Crippen molar-refractivity contribution in [3.05, 3.63) is 28.7 Å². The summed E-state index contributed by atoms with van der Waals surface area (Å²) in [6.45, 7) is 5.61. The van der Waals surface area contributed by atoms with Gasteiger partial charge in [0.05, 0.1) is 16.8 Å². The smallest absolute Gasteiger partial charge is 0.250 e. The molecule has 2 heterocycles. The second-order valence-corrected chi connectivity index (χ2v) is 6.00. The molecule has 22 heavy (non-hydrogen) atoms. The number of benzene rings is 1. The predicted octanol–water partition coefficient (Wildman–Crippen LogP) is 1.82. The fraction of sp³-hybridized carbons (Fsp3) is 0.438. The van der Waals surface area contributed by atoms with E-state index in [0.717, 1.165) is 36.2 Å². The molecule has 0 saturated carbocycles. The summed E-state index contributed by atoms with van der Waals surface area (Å²) < 4.78 is 14.7. The van der Waals surface area contributed by atoms with E-state index in [1.807, 2.05) is 25.8 Å². The molecular formula is C16H21FN4O. The number of nitrogens with two attached hydrogens (primary N) is 1.